The van der Waals surface area contributed by atoms with E-state index in [9.17, 15) is 9.59 Å². The zero-order valence-electron chi connectivity index (χ0n) is 13.9. The van der Waals surface area contributed by atoms with Crippen molar-refractivity contribution in [3.8, 4) is 10.7 Å². The Bertz CT molecular complexity index is 921. The molecule has 1 fully saturated rings. The molecule has 0 atom stereocenters. The van der Waals surface area contributed by atoms with E-state index in [1.54, 1.807) is 22.3 Å². The summed E-state index contributed by atoms with van der Waals surface area (Å²) in [6, 6.07) is 6.83. The van der Waals surface area contributed by atoms with Gasteiger partial charge in [0.15, 0.2) is 0 Å². The zero-order valence-corrected chi connectivity index (χ0v) is 14.7. The van der Waals surface area contributed by atoms with Crippen molar-refractivity contribution < 1.29 is 9.32 Å². The number of amides is 1. The van der Waals surface area contributed by atoms with Gasteiger partial charge < -0.3 is 14.4 Å². The fourth-order valence-electron chi connectivity index (χ4n) is 2.85. The van der Waals surface area contributed by atoms with Crippen molar-refractivity contribution in [3.05, 3.63) is 57.7 Å². The minimum atomic E-state index is -0.215. The van der Waals surface area contributed by atoms with Crippen molar-refractivity contribution in [1.29, 1.82) is 0 Å². The number of aromatic nitrogens is 3. The highest BCUT2D eigenvalue weighted by Gasteiger charge is 2.23. The van der Waals surface area contributed by atoms with Gasteiger partial charge in [0.2, 0.25) is 17.3 Å². The second-order valence-electron chi connectivity index (χ2n) is 6.00. The van der Waals surface area contributed by atoms with Gasteiger partial charge in [-0.1, -0.05) is 11.2 Å². The number of carbonyl (C=O) groups excluding carboxylic acids is 1. The summed E-state index contributed by atoms with van der Waals surface area (Å²) in [5, 5.41) is 5.99. The molecule has 1 aliphatic heterocycles. The van der Waals surface area contributed by atoms with E-state index in [-0.39, 0.29) is 11.5 Å². The summed E-state index contributed by atoms with van der Waals surface area (Å²) in [6.07, 6.45) is 1.46. The molecule has 0 aromatic carbocycles. The average molecular weight is 371 g/mol. The lowest BCUT2D eigenvalue weighted by molar-refractivity contribution is 0.0614. The predicted molar refractivity (Wildman–Crippen MR) is 95.9 cm³/mol. The Labute approximate surface area is 153 Å². The lowest BCUT2D eigenvalue weighted by atomic mass is 10.2. The maximum atomic E-state index is 12.5. The lowest BCUT2D eigenvalue weighted by Gasteiger charge is -2.33. The second-order valence-corrected chi connectivity index (χ2v) is 6.95. The Morgan fingerprint density at radius 3 is 2.77 bits per heavy atom. The second kappa shape index (κ2) is 7.22. The van der Waals surface area contributed by atoms with Gasteiger partial charge in [0.25, 0.3) is 5.91 Å². The number of hydrogen-bond donors (Lipinski definition) is 1. The van der Waals surface area contributed by atoms with Crippen LogP contribution >= 0.6 is 11.3 Å². The van der Waals surface area contributed by atoms with Gasteiger partial charge in [-0.2, -0.15) is 4.98 Å². The van der Waals surface area contributed by atoms with Gasteiger partial charge in [0, 0.05) is 38.4 Å². The first-order valence-electron chi connectivity index (χ1n) is 8.26. The van der Waals surface area contributed by atoms with Crippen LogP contribution in [0.15, 0.2) is 45.2 Å². The molecule has 0 spiro atoms. The number of H-pyrrole nitrogens is 1. The van der Waals surface area contributed by atoms with Crippen molar-refractivity contribution in [1.82, 2.24) is 24.9 Å². The first-order chi connectivity index (χ1) is 12.7. The van der Waals surface area contributed by atoms with Crippen molar-refractivity contribution in [2.45, 2.75) is 6.54 Å². The Morgan fingerprint density at radius 1 is 1.23 bits per heavy atom. The summed E-state index contributed by atoms with van der Waals surface area (Å²) >= 11 is 1.57. The summed E-state index contributed by atoms with van der Waals surface area (Å²) in [7, 11) is 0. The average Bonchev–Trinajstić information content (AvgIpc) is 3.34. The molecule has 26 heavy (non-hydrogen) atoms. The first-order valence-corrected chi connectivity index (χ1v) is 9.14. The predicted octanol–water partition coefficient (Wildman–Crippen LogP) is 1.44. The number of nitrogens with zero attached hydrogens (tertiary/aromatic N) is 4. The van der Waals surface area contributed by atoms with E-state index in [4.69, 9.17) is 4.52 Å². The number of carbonyl (C=O) groups is 1. The first kappa shape index (κ1) is 16.7. The molecule has 1 amide bonds. The number of rotatable bonds is 4. The molecular formula is C17H17N5O3S. The summed E-state index contributed by atoms with van der Waals surface area (Å²) < 4.78 is 5.34. The SMILES string of the molecule is O=C(c1ccc(=O)[nH]c1)N1CCN(Cc2nc(-c3cccs3)no2)CC1. The molecule has 3 aromatic rings. The van der Waals surface area contributed by atoms with Crippen LogP contribution < -0.4 is 5.56 Å². The van der Waals surface area contributed by atoms with Gasteiger partial charge in [-0.25, -0.2) is 0 Å². The molecule has 0 saturated carbocycles. The minimum absolute atomic E-state index is 0.0707. The minimum Gasteiger partial charge on any atom is -0.338 e. The van der Waals surface area contributed by atoms with Crippen LogP contribution in [-0.2, 0) is 6.54 Å². The van der Waals surface area contributed by atoms with Gasteiger partial charge in [-0.15, -0.1) is 11.3 Å². The van der Waals surface area contributed by atoms with Gasteiger partial charge in [0.05, 0.1) is 17.0 Å². The Kier molecular flexibility index (Phi) is 4.63. The lowest BCUT2D eigenvalue weighted by Crippen LogP contribution is -2.48. The van der Waals surface area contributed by atoms with E-state index < -0.39 is 0 Å². The van der Waals surface area contributed by atoms with Crippen molar-refractivity contribution in [2.24, 2.45) is 0 Å². The summed E-state index contributed by atoms with van der Waals surface area (Å²) in [4.78, 5) is 35.5. The number of pyridine rings is 1. The Hall–Kier alpha value is -2.78. The molecule has 1 aliphatic rings. The van der Waals surface area contributed by atoms with Gasteiger partial charge in [0.1, 0.15) is 0 Å². The van der Waals surface area contributed by atoms with E-state index in [1.165, 1.54) is 12.3 Å². The molecule has 3 aromatic heterocycles. The largest absolute Gasteiger partial charge is 0.338 e. The third-order valence-electron chi connectivity index (χ3n) is 4.26. The highest BCUT2D eigenvalue weighted by atomic mass is 32.1. The normalized spacial score (nSPS) is 15.3. The standard InChI is InChI=1S/C17H17N5O3S/c23-14-4-3-12(10-18-14)17(24)22-7-5-21(6-8-22)11-15-19-16(20-25-15)13-2-1-9-26-13/h1-4,9-10H,5-8,11H2,(H,18,23). The number of aromatic amines is 1. The van der Waals surface area contributed by atoms with E-state index >= 15 is 0 Å². The molecular weight excluding hydrogens is 354 g/mol. The molecule has 8 nitrogen and oxygen atoms in total. The van der Waals surface area contributed by atoms with Gasteiger partial charge in [-0.05, 0) is 17.5 Å². The van der Waals surface area contributed by atoms with Crippen LogP contribution in [0, 0.1) is 0 Å². The van der Waals surface area contributed by atoms with Crippen LogP contribution in [0.2, 0.25) is 0 Å². The van der Waals surface area contributed by atoms with Crippen LogP contribution in [0.5, 0.6) is 0 Å². The number of hydrogen-bond acceptors (Lipinski definition) is 7. The van der Waals surface area contributed by atoms with Crippen LogP contribution in [0.25, 0.3) is 10.7 Å². The molecule has 0 bridgehead atoms. The summed E-state index contributed by atoms with van der Waals surface area (Å²) in [6.45, 7) is 3.25. The third kappa shape index (κ3) is 3.58. The van der Waals surface area contributed by atoms with Crippen LogP contribution in [0.3, 0.4) is 0 Å². The molecule has 1 N–H and O–H groups in total. The highest BCUT2D eigenvalue weighted by Crippen LogP contribution is 2.21. The third-order valence-corrected chi connectivity index (χ3v) is 5.12. The Morgan fingerprint density at radius 2 is 2.08 bits per heavy atom. The van der Waals surface area contributed by atoms with Gasteiger partial charge in [-0.3, -0.25) is 14.5 Å². The van der Waals surface area contributed by atoms with Crippen LogP contribution in [0.4, 0.5) is 0 Å². The number of nitrogens with one attached hydrogen (secondary N) is 1. The van der Waals surface area contributed by atoms with Crippen molar-refractivity contribution >= 4 is 17.2 Å². The molecule has 0 unspecified atom stereocenters. The van der Waals surface area contributed by atoms with Crippen LogP contribution in [-0.4, -0.2) is 57.0 Å². The van der Waals surface area contributed by atoms with Crippen molar-refractivity contribution in [2.75, 3.05) is 26.2 Å². The Balaban J connectivity index is 1.33. The molecule has 4 heterocycles. The molecule has 0 aliphatic carbocycles. The molecule has 0 radical (unpaired) electrons. The van der Waals surface area contributed by atoms with Gasteiger partial charge >= 0.3 is 0 Å². The summed E-state index contributed by atoms with van der Waals surface area (Å²) in [5.41, 5.74) is 0.281. The quantitative estimate of drug-likeness (QED) is 0.746. The fourth-order valence-corrected chi connectivity index (χ4v) is 3.50. The van der Waals surface area contributed by atoms with Crippen LogP contribution in [0.1, 0.15) is 16.2 Å². The van der Waals surface area contributed by atoms with E-state index in [0.29, 0.717) is 36.9 Å². The fraction of sp³-hybridized carbons (Fsp3) is 0.294. The van der Waals surface area contributed by atoms with E-state index in [1.807, 2.05) is 17.5 Å². The summed E-state index contributed by atoms with van der Waals surface area (Å²) in [5.74, 6) is 1.12. The zero-order chi connectivity index (χ0) is 17.9. The molecule has 9 heteroatoms. The van der Waals surface area contributed by atoms with Crippen molar-refractivity contribution in [3.63, 3.8) is 0 Å². The monoisotopic (exact) mass is 371 g/mol. The smallest absolute Gasteiger partial charge is 0.255 e. The van der Waals surface area contributed by atoms with E-state index in [0.717, 1.165) is 18.0 Å². The highest BCUT2D eigenvalue weighted by molar-refractivity contribution is 7.13. The molecule has 1 saturated heterocycles. The molecule has 134 valence electrons. The topological polar surface area (TPSA) is 95.3 Å². The maximum absolute atomic E-state index is 12.5. The van der Waals surface area contributed by atoms with E-state index in [2.05, 4.69) is 20.0 Å². The number of piperazine rings is 1. The maximum Gasteiger partial charge on any atom is 0.255 e. The number of thiophene rings is 1. The molecule has 4 rings (SSSR count).